The van der Waals surface area contributed by atoms with Gasteiger partial charge in [-0.25, -0.2) is 0 Å². The van der Waals surface area contributed by atoms with Crippen molar-refractivity contribution in [2.45, 2.75) is 38.8 Å². The molecule has 1 aliphatic rings. The van der Waals surface area contributed by atoms with Crippen LogP contribution in [0.1, 0.15) is 41.8 Å². The topological polar surface area (TPSA) is 58.6 Å². The average Bonchev–Trinajstić information content (AvgIpc) is 2.69. The van der Waals surface area contributed by atoms with Crippen molar-refractivity contribution in [1.29, 1.82) is 0 Å². The maximum Gasteiger partial charge on any atom is 0.255 e. The third-order valence-corrected chi connectivity index (χ3v) is 5.15. The molecule has 2 aromatic carbocycles. The van der Waals surface area contributed by atoms with Crippen LogP contribution in [0.15, 0.2) is 48.5 Å². The van der Waals surface area contributed by atoms with E-state index in [1.807, 2.05) is 62.4 Å². The van der Waals surface area contributed by atoms with Crippen LogP contribution in [0, 0.1) is 0 Å². The second kappa shape index (κ2) is 7.82. The Morgan fingerprint density at radius 3 is 2.74 bits per heavy atom. The molecule has 27 heavy (non-hydrogen) atoms. The summed E-state index contributed by atoms with van der Waals surface area (Å²) in [5.74, 6) is 0.543. The number of hydrogen-bond donors (Lipinski definition) is 1. The molecule has 3 rings (SSSR count). The Bertz CT molecular complexity index is 849. The summed E-state index contributed by atoms with van der Waals surface area (Å²) in [6.07, 6.45) is 1.31. The van der Waals surface area contributed by atoms with Crippen LogP contribution in [0.2, 0.25) is 0 Å². The molecule has 0 saturated heterocycles. The highest BCUT2D eigenvalue weighted by Crippen LogP contribution is 2.31. The molecule has 2 amide bonds. The minimum Gasteiger partial charge on any atom is -0.497 e. The van der Waals surface area contributed by atoms with Crippen LogP contribution in [-0.4, -0.2) is 35.9 Å². The highest BCUT2D eigenvalue weighted by molar-refractivity contribution is 6.02. The van der Waals surface area contributed by atoms with Gasteiger partial charge in [0.2, 0.25) is 5.91 Å². The third kappa shape index (κ3) is 3.68. The fraction of sp³-hybridized carbons (Fsp3) is 0.364. The molecule has 0 saturated carbocycles. The first-order valence-corrected chi connectivity index (χ1v) is 9.30. The standard InChI is InChI=1S/C22H26N2O3/c1-4-12-24-20(25)19-11-6-5-9-17(19)14-22(24,2)21(26)23-15-16-8-7-10-18(13-16)27-3/h5-11,13H,4,12,14-15H2,1-3H3,(H,23,26)/t22-/m0/s1. The minimum atomic E-state index is -0.902. The van der Waals surface area contributed by atoms with Crippen molar-refractivity contribution < 1.29 is 14.3 Å². The fourth-order valence-corrected chi connectivity index (χ4v) is 3.65. The first-order chi connectivity index (χ1) is 13.0. The highest BCUT2D eigenvalue weighted by Gasteiger charge is 2.46. The van der Waals surface area contributed by atoms with Gasteiger partial charge in [-0.05, 0) is 42.7 Å². The summed E-state index contributed by atoms with van der Waals surface area (Å²) in [5.41, 5.74) is 1.68. The van der Waals surface area contributed by atoms with Crippen molar-refractivity contribution in [3.05, 3.63) is 65.2 Å². The molecule has 1 aliphatic heterocycles. The smallest absolute Gasteiger partial charge is 0.255 e. The van der Waals surface area contributed by atoms with Gasteiger partial charge in [0.25, 0.3) is 5.91 Å². The van der Waals surface area contributed by atoms with Gasteiger partial charge in [0.05, 0.1) is 7.11 Å². The van der Waals surface area contributed by atoms with Gasteiger partial charge in [-0.2, -0.15) is 0 Å². The maximum absolute atomic E-state index is 13.2. The van der Waals surface area contributed by atoms with Crippen molar-refractivity contribution in [2.75, 3.05) is 13.7 Å². The first kappa shape index (κ1) is 19.0. The van der Waals surface area contributed by atoms with E-state index in [0.29, 0.717) is 25.1 Å². The van der Waals surface area contributed by atoms with Crippen LogP contribution in [-0.2, 0) is 17.8 Å². The van der Waals surface area contributed by atoms with Gasteiger partial charge in [-0.15, -0.1) is 0 Å². The molecule has 0 radical (unpaired) electrons. The van der Waals surface area contributed by atoms with E-state index in [9.17, 15) is 9.59 Å². The SMILES string of the molecule is CCCN1C(=O)c2ccccc2C[C@@]1(C)C(=O)NCc1cccc(OC)c1. The zero-order valence-corrected chi connectivity index (χ0v) is 16.1. The molecule has 0 spiro atoms. The number of hydrogen-bond acceptors (Lipinski definition) is 3. The highest BCUT2D eigenvalue weighted by atomic mass is 16.5. The molecule has 0 fully saturated rings. The second-order valence-electron chi connectivity index (χ2n) is 7.10. The number of fused-ring (bicyclic) bond motifs is 1. The van der Waals surface area contributed by atoms with Gasteiger partial charge in [-0.1, -0.05) is 37.3 Å². The summed E-state index contributed by atoms with van der Waals surface area (Å²) in [6, 6.07) is 15.2. The fourth-order valence-electron chi connectivity index (χ4n) is 3.65. The van der Waals surface area contributed by atoms with Gasteiger partial charge in [-0.3, -0.25) is 9.59 Å². The number of amides is 2. The Morgan fingerprint density at radius 2 is 2.00 bits per heavy atom. The molecule has 0 aliphatic carbocycles. The Labute approximate surface area is 160 Å². The second-order valence-corrected chi connectivity index (χ2v) is 7.10. The van der Waals surface area contributed by atoms with E-state index in [1.165, 1.54) is 0 Å². The summed E-state index contributed by atoms with van der Waals surface area (Å²) in [6.45, 7) is 4.82. The predicted octanol–water partition coefficient (Wildman–Crippen LogP) is 3.18. The molecule has 142 valence electrons. The quantitative estimate of drug-likeness (QED) is 0.854. The van der Waals surface area contributed by atoms with E-state index in [-0.39, 0.29) is 11.8 Å². The normalized spacial score (nSPS) is 18.8. The molecule has 1 N–H and O–H groups in total. The van der Waals surface area contributed by atoms with E-state index < -0.39 is 5.54 Å². The Hall–Kier alpha value is -2.82. The Balaban J connectivity index is 1.83. The summed E-state index contributed by atoms with van der Waals surface area (Å²) < 4.78 is 5.23. The Morgan fingerprint density at radius 1 is 1.22 bits per heavy atom. The van der Waals surface area contributed by atoms with Gasteiger partial charge in [0.15, 0.2) is 0 Å². The van der Waals surface area contributed by atoms with Crippen LogP contribution in [0.5, 0.6) is 5.75 Å². The van der Waals surface area contributed by atoms with Crippen LogP contribution in [0.25, 0.3) is 0 Å². The van der Waals surface area contributed by atoms with Gasteiger partial charge in [0.1, 0.15) is 11.3 Å². The summed E-state index contributed by atoms with van der Waals surface area (Å²) in [4.78, 5) is 27.9. The average molecular weight is 366 g/mol. The van der Waals surface area contributed by atoms with Crippen LogP contribution in [0.3, 0.4) is 0 Å². The number of carbonyl (C=O) groups excluding carboxylic acids is 2. The lowest BCUT2D eigenvalue weighted by molar-refractivity contribution is -0.131. The van der Waals surface area contributed by atoms with E-state index in [4.69, 9.17) is 4.74 Å². The van der Waals surface area contributed by atoms with Crippen LogP contribution in [0.4, 0.5) is 0 Å². The number of methoxy groups -OCH3 is 1. The Kier molecular flexibility index (Phi) is 5.49. The summed E-state index contributed by atoms with van der Waals surface area (Å²) in [5, 5.41) is 3.01. The largest absolute Gasteiger partial charge is 0.497 e. The zero-order valence-electron chi connectivity index (χ0n) is 16.1. The predicted molar refractivity (Wildman–Crippen MR) is 105 cm³/mol. The number of rotatable bonds is 6. The van der Waals surface area contributed by atoms with Gasteiger partial charge < -0.3 is 15.0 Å². The van der Waals surface area contributed by atoms with E-state index in [1.54, 1.807) is 12.0 Å². The molecular formula is C22H26N2O3. The maximum atomic E-state index is 13.2. The van der Waals surface area contributed by atoms with Gasteiger partial charge >= 0.3 is 0 Å². The van der Waals surface area contributed by atoms with E-state index in [0.717, 1.165) is 23.3 Å². The third-order valence-electron chi connectivity index (χ3n) is 5.15. The van der Waals surface area contributed by atoms with Crippen molar-refractivity contribution in [3.8, 4) is 5.75 Å². The zero-order chi connectivity index (χ0) is 19.4. The molecule has 0 bridgehead atoms. The van der Waals surface area contributed by atoms with E-state index in [2.05, 4.69) is 5.32 Å². The number of nitrogens with zero attached hydrogens (tertiary/aromatic N) is 1. The molecule has 5 heteroatoms. The molecule has 2 aromatic rings. The first-order valence-electron chi connectivity index (χ1n) is 9.30. The summed E-state index contributed by atoms with van der Waals surface area (Å²) >= 11 is 0. The lowest BCUT2D eigenvalue weighted by Crippen LogP contribution is -2.62. The monoisotopic (exact) mass is 366 g/mol. The molecule has 0 aromatic heterocycles. The van der Waals surface area contributed by atoms with Crippen LogP contribution >= 0.6 is 0 Å². The molecule has 5 nitrogen and oxygen atoms in total. The van der Waals surface area contributed by atoms with Crippen molar-refractivity contribution in [2.24, 2.45) is 0 Å². The van der Waals surface area contributed by atoms with Crippen molar-refractivity contribution >= 4 is 11.8 Å². The summed E-state index contributed by atoms with van der Waals surface area (Å²) in [7, 11) is 1.62. The molecule has 1 atom stereocenters. The molecule has 0 unspecified atom stereocenters. The number of benzene rings is 2. The van der Waals surface area contributed by atoms with Crippen molar-refractivity contribution in [1.82, 2.24) is 10.2 Å². The lowest BCUT2D eigenvalue weighted by atomic mass is 9.82. The van der Waals surface area contributed by atoms with Crippen LogP contribution < -0.4 is 10.1 Å². The number of carbonyl (C=O) groups is 2. The molecular weight excluding hydrogens is 340 g/mol. The minimum absolute atomic E-state index is 0.0715. The number of nitrogens with one attached hydrogen (secondary N) is 1. The van der Waals surface area contributed by atoms with Crippen molar-refractivity contribution in [3.63, 3.8) is 0 Å². The lowest BCUT2D eigenvalue weighted by Gasteiger charge is -2.44. The van der Waals surface area contributed by atoms with E-state index >= 15 is 0 Å². The molecule has 1 heterocycles. The van der Waals surface area contributed by atoms with Gasteiger partial charge in [0, 0.05) is 25.1 Å². The number of ether oxygens (including phenoxy) is 1.